The summed E-state index contributed by atoms with van der Waals surface area (Å²) in [4.78, 5) is 19.7. The summed E-state index contributed by atoms with van der Waals surface area (Å²) in [6, 6.07) is 0. The van der Waals surface area contributed by atoms with Crippen molar-refractivity contribution >= 4 is 23.4 Å². The number of allylic oxidation sites excluding steroid dienone is 1. The summed E-state index contributed by atoms with van der Waals surface area (Å²) in [5.74, 6) is -2.65. The Kier molecular flexibility index (Phi) is 3.71. The first-order valence-electron chi connectivity index (χ1n) is 2.16. The lowest BCUT2D eigenvalue weighted by Gasteiger charge is -1.90. The minimum atomic E-state index is -1.71. The number of carboxylic acid groups (broad SMARTS) is 1. The number of hydrogen-bond donors (Lipinski definition) is 0. The fourth-order valence-electron chi connectivity index (χ4n) is 0.220. The van der Waals surface area contributed by atoms with E-state index in [2.05, 4.69) is 0 Å². The number of alkyl halides is 1. The molecule has 3 nitrogen and oxygen atoms in total. The molecule has 0 aromatic heterocycles. The normalized spacial score (nSPS) is 9.89. The maximum Gasteiger partial charge on any atom is 0.200 e. The number of aliphatic carboxylic acids is 1. The first-order chi connectivity index (χ1) is 4.18. The minimum Gasteiger partial charge on any atom is -0.541 e. The maximum atomic E-state index is 10.1. The molecule has 0 atom stereocenters. The second kappa shape index (κ2) is 4.09. The molecule has 0 unspecified atom stereocenters. The summed E-state index contributed by atoms with van der Waals surface area (Å²) in [6.07, 6.45) is 2.10. The zero-order valence-corrected chi connectivity index (χ0v) is 5.22. The number of carboxylic acids is 1. The van der Waals surface area contributed by atoms with E-state index in [1.807, 2.05) is 0 Å². The summed E-state index contributed by atoms with van der Waals surface area (Å²) < 4.78 is 0. The molecule has 0 heterocycles. The molecule has 0 aliphatic carbocycles. The highest BCUT2D eigenvalue weighted by Crippen LogP contribution is 1.78. The Morgan fingerprint density at radius 2 is 2.11 bits per heavy atom. The predicted molar refractivity (Wildman–Crippen MR) is 29.9 cm³/mol. The average molecular weight is 148 g/mol. The smallest absolute Gasteiger partial charge is 0.200 e. The summed E-state index contributed by atoms with van der Waals surface area (Å²) in [7, 11) is 0. The van der Waals surface area contributed by atoms with Gasteiger partial charge in [-0.1, -0.05) is 6.08 Å². The second-order valence-corrected chi connectivity index (χ2v) is 1.52. The number of ketones is 1. The van der Waals surface area contributed by atoms with Crippen molar-refractivity contribution in [1.82, 2.24) is 0 Å². The van der Waals surface area contributed by atoms with Gasteiger partial charge in [-0.15, -0.1) is 11.6 Å². The molecule has 9 heavy (non-hydrogen) atoms. The summed E-state index contributed by atoms with van der Waals surface area (Å²) in [5.41, 5.74) is 0. The van der Waals surface area contributed by atoms with Crippen LogP contribution in [0, 0.1) is 0 Å². The third-order valence-electron chi connectivity index (χ3n) is 0.559. The van der Waals surface area contributed by atoms with Crippen molar-refractivity contribution in [2.75, 3.05) is 5.88 Å². The summed E-state index contributed by atoms with van der Waals surface area (Å²) in [5, 5.41) is 9.65. The monoisotopic (exact) mass is 147 g/mol. The third-order valence-corrected chi connectivity index (χ3v) is 0.738. The van der Waals surface area contributed by atoms with Gasteiger partial charge in [-0.3, -0.25) is 4.79 Å². The van der Waals surface area contributed by atoms with E-state index in [0.717, 1.165) is 6.08 Å². The first-order valence-corrected chi connectivity index (χ1v) is 2.69. The van der Waals surface area contributed by atoms with Gasteiger partial charge in [-0.05, 0) is 6.08 Å². The lowest BCUT2D eigenvalue weighted by molar-refractivity contribution is -0.299. The van der Waals surface area contributed by atoms with Gasteiger partial charge in [0.1, 0.15) is 5.97 Å². The molecular formula is C5H4ClO3-. The van der Waals surface area contributed by atoms with E-state index in [9.17, 15) is 14.7 Å². The van der Waals surface area contributed by atoms with Crippen molar-refractivity contribution in [3.63, 3.8) is 0 Å². The van der Waals surface area contributed by atoms with Crippen LogP contribution in [0.25, 0.3) is 0 Å². The van der Waals surface area contributed by atoms with Gasteiger partial charge in [0.05, 0.1) is 0 Å². The van der Waals surface area contributed by atoms with Crippen molar-refractivity contribution in [2.45, 2.75) is 0 Å². The molecule has 0 radical (unpaired) electrons. The number of hydrogen-bond acceptors (Lipinski definition) is 3. The van der Waals surface area contributed by atoms with E-state index in [4.69, 9.17) is 11.6 Å². The van der Waals surface area contributed by atoms with Crippen LogP contribution >= 0.6 is 11.6 Å². The molecule has 0 aliphatic heterocycles. The van der Waals surface area contributed by atoms with E-state index < -0.39 is 11.8 Å². The van der Waals surface area contributed by atoms with Gasteiger partial charge in [-0.2, -0.15) is 0 Å². The van der Waals surface area contributed by atoms with Gasteiger partial charge >= 0.3 is 0 Å². The summed E-state index contributed by atoms with van der Waals surface area (Å²) in [6.45, 7) is 0. The number of carbonyl (C=O) groups excluding carboxylic acids is 2. The average Bonchev–Trinajstić information content (AvgIpc) is 1.82. The predicted octanol–water partition coefficient (Wildman–Crippen LogP) is -0.900. The Balaban J connectivity index is 3.77. The van der Waals surface area contributed by atoms with Gasteiger partial charge < -0.3 is 9.90 Å². The van der Waals surface area contributed by atoms with Crippen LogP contribution in [-0.2, 0) is 9.59 Å². The number of rotatable bonds is 3. The van der Waals surface area contributed by atoms with Crippen LogP contribution in [0.5, 0.6) is 0 Å². The minimum absolute atomic E-state index is 0.124. The molecule has 0 aromatic carbocycles. The highest BCUT2D eigenvalue weighted by atomic mass is 35.5. The molecule has 0 aliphatic rings. The Labute approximate surface area is 56.9 Å². The Bertz CT molecular complexity index is 150. The largest absolute Gasteiger partial charge is 0.541 e. The molecule has 0 bridgehead atoms. The molecule has 4 heteroatoms. The van der Waals surface area contributed by atoms with Crippen LogP contribution in [0.15, 0.2) is 12.2 Å². The number of halogens is 1. The van der Waals surface area contributed by atoms with Crippen molar-refractivity contribution in [3.05, 3.63) is 12.2 Å². The number of carbonyl (C=O) groups is 2. The molecule has 0 aromatic rings. The highest BCUT2D eigenvalue weighted by Gasteiger charge is 1.92. The van der Waals surface area contributed by atoms with E-state index in [1.165, 1.54) is 6.08 Å². The van der Waals surface area contributed by atoms with Crippen molar-refractivity contribution < 1.29 is 14.7 Å². The Hall–Kier alpha value is -0.830. The zero-order chi connectivity index (χ0) is 7.28. The van der Waals surface area contributed by atoms with E-state index in [1.54, 1.807) is 0 Å². The second-order valence-electron chi connectivity index (χ2n) is 1.21. The van der Waals surface area contributed by atoms with Crippen LogP contribution < -0.4 is 5.11 Å². The highest BCUT2D eigenvalue weighted by molar-refractivity contribution is 6.36. The molecule has 0 saturated heterocycles. The van der Waals surface area contributed by atoms with Crippen LogP contribution in [0.4, 0.5) is 0 Å². The van der Waals surface area contributed by atoms with Crippen LogP contribution in [0.2, 0.25) is 0 Å². The Morgan fingerprint density at radius 1 is 1.56 bits per heavy atom. The van der Waals surface area contributed by atoms with Crippen LogP contribution in [0.1, 0.15) is 0 Å². The molecular weight excluding hydrogens is 144 g/mol. The molecule has 0 amide bonds. The van der Waals surface area contributed by atoms with Gasteiger partial charge in [0.2, 0.25) is 5.78 Å². The summed E-state index contributed by atoms with van der Waals surface area (Å²) >= 11 is 5.10. The van der Waals surface area contributed by atoms with E-state index >= 15 is 0 Å². The lowest BCUT2D eigenvalue weighted by atomic mass is 10.4. The fourth-order valence-corrected chi connectivity index (χ4v) is 0.309. The van der Waals surface area contributed by atoms with Crippen molar-refractivity contribution in [2.24, 2.45) is 0 Å². The zero-order valence-electron chi connectivity index (χ0n) is 4.46. The molecule has 50 valence electrons. The van der Waals surface area contributed by atoms with Crippen molar-refractivity contribution in [1.29, 1.82) is 0 Å². The molecule has 0 fully saturated rings. The first kappa shape index (κ1) is 8.17. The van der Waals surface area contributed by atoms with Gasteiger partial charge in [-0.25, -0.2) is 0 Å². The lowest BCUT2D eigenvalue weighted by Crippen LogP contribution is -2.30. The van der Waals surface area contributed by atoms with E-state index in [-0.39, 0.29) is 5.88 Å². The standard InChI is InChI=1S/C5H5ClO3/c6-3-1-2-4(7)5(8)9/h1-2H,3H2,(H,8,9)/p-1/b2-1+. The molecule has 0 spiro atoms. The van der Waals surface area contributed by atoms with Crippen molar-refractivity contribution in [3.8, 4) is 0 Å². The van der Waals surface area contributed by atoms with Crippen LogP contribution in [-0.4, -0.2) is 17.6 Å². The molecule has 0 saturated carbocycles. The molecule has 0 rings (SSSR count). The van der Waals surface area contributed by atoms with Gasteiger partial charge in [0.15, 0.2) is 0 Å². The maximum absolute atomic E-state index is 10.1. The topological polar surface area (TPSA) is 57.2 Å². The SMILES string of the molecule is O=C([O-])C(=O)/C=C/CCl. The Morgan fingerprint density at radius 3 is 2.44 bits per heavy atom. The van der Waals surface area contributed by atoms with Gasteiger partial charge in [0, 0.05) is 5.88 Å². The third kappa shape index (κ3) is 3.73. The van der Waals surface area contributed by atoms with Crippen LogP contribution in [0.3, 0.4) is 0 Å². The fraction of sp³-hybridized carbons (Fsp3) is 0.200. The molecule has 0 N–H and O–H groups in total. The quantitative estimate of drug-likeness (QED) is 0.295. The van der Waals surface area contributed by atoms with E-state index in [0.29, 0.717) is 0 Å². The van der Waals surface area contributed by atoms with Gasteiger partial charge in [0.25, 0.3) is 0 Å².